The highest BCUT2D eigenvalue weighted by Crippen LogP contribution is 2.36. The number of fused-ring (bicyclic) bond motifs is 3. The van der Waals surface area contributed by atoms with Crippen LogP contribution in [0, 0.1) is 0 Å². The Morgan fingerprint density at radius 2 is 1.61 bits per heavy atom. The van der Waals surface area contributed by atoms with Crippen molar-refractivity contribution < 1.29 is 14.2 Å². The smallest absolute Gasteiger partial charge is 0.309 e. The molecular weight excluding hydrogens is 347 g/mol. The van der Waals surface area contributed by atoms with Crippen molar-refractivity contribution in [1.29, 1.82) is 0 Å². The summed E-state index contributed by atoms with van der Waals surface area (Å²) in [4.78, 5) is 0. The molecule has 4 aromatic rings. The van der Waals surface area contributed by atoms with Gasteiger partial charge in [0.1, 0.15) is 11.2 Å². The minimum Gasteiger partial charge on any atom is -0.456 e. The van der Waals surface area contributed by atoms with E-state index in [9.17, 15) is 5.11 Å². The lowest BCUT2D eigenvalue weighted by atomic mass is 9.82. The second kappa shape index (κ2) is 6.80. The van der Waals surface area contributed by atoms with Gasteiger partial charge in [0.05, 0.1) is 11.2 Å². The van der Waals surface area contributed by atoms with E-state index in [-0.39, 0.29) is 0 Å². The summed E-state index contributed by atoms with van der Waals surface area (Å²) in [5.41, 5.74) is 3.51. The lowest BCUT2D eigenvalue weighted by Crippen LogP contribution is -2.49. The fourth-order valence-electron chi connectivity index (χ4n) is 3.26. The van der Waals surface area contributed by atoms with Gasteiger partial charge in [0.15, 0.2) is 0 Å². The van der Waals surface area contributed by atoms with Crippen molar-refractivity contribution in [2.75, 3.05) is 0 Å². The number of benzene rings is 3. The highest BCUT2D eigenvalue weighted by molar-refractivity contribution is 6.47. The highest BCUT2D eigenvalue weighted by atomic mass is 16.5. The molecule has 0 bridgehead atoms. The third kappa shape index (κ3) is 3.34. The maximum Gasteiger partial charge on any atom is 0.309 e. The van der Waals surface area contributed by atoms with Gasteiger partial charge in [-0.2, -0.15) is 0 Å². The molecule has 0 amide bonds. The first-order valence-electron chi connectivity index (χ1n) is 9.62. The molecule has 0 saturated carbocycles. The second-order valence-electron chi connectivity index (χ2n) is 8.34. The van der Waals surface area contributed by atoms with Gasteiger partial charge in [-0.1, -0.05) is 54.6 Å². The van der Waals surface area contributed by atoms with Crippen molar-refractivity contribution in [3.8, 4) is 11.1 Å². The van der Waals surface area contributed by atoms with Crippen molar-refractivity contribution in [2.45, 2.75) is 38.9 Å². The Bertz CT molecular complexity index is 1120. The molecule has 1 heterocycles. The van der Waals surface area contributed by atoms with E-state index in [0.29, 0.717) is 7.48 Å². The molecule has 0 aliphatic heterocycles. The van der Waals surface area contributed by atoms with E-state index in [1.54, 1.807) is 13.8 Å². The lowest BCUT2D eigenvalue weighted by molar-refractivity contribution is -0.0893. The van der Waals surface area contributed by atoms with E-state index in [1.165, 1.54) is 11.1 Å². The van der Waals surface area contributed by atoms with Crippen molar-refractivity contribution in [1.82, 2.24) is 0 Å². The molecule has 28 heavy (non-hydrogen) atoms. The first kappa shape index (κ1) is 18.8. The van der Waals surface area contributed by atoms with Crippen LogP contribution >= 0.6 is 0 Å². The molecule has 0 aliphatic rings. The molecule has 0 spiro atoms. The first-order chi connectivity index (χ1) is 13.3. The summed E-state index contributed by atoms with van der Waals surface area (Å²) in [6, 6.07) is 22.7. The molecule has 4 rings (SSSR count). The fraction of sp³-hybridized carbons (Fsp3) is 0.250. The van der Waals surface area contributed by atoms with Crippen LogP contribution in [0.25, 0.3) is 33.1 Å². The van der Waals surface area contributed by atoms with Gasteiger partial charge >= 0.3 is 7.48 Å². The van der Waals surface area contributed by atoms with Gasteiger partial charge in [-0.05, 0) is 56.4 Å². The van der Waals surface area contributed by atoms with Crippen LogP contribution in [-0.2, 0) is 4.65 Å². The molecule has 0 saturated heterocycles. The third-order valence-electron chi connectivity index (χ3n) is 5.72. The maximum absolute atomic E-state index is 10.3. The molecule has 1 N–H and O–H groups in total. The zero-order valence-corrected chi connectivity index (χ0v) is 16.8. The summed E-state index contributed by atoms with van der Waals surface area (Å²) in [6.45, 7) is 7.33. The number of furan rings is 1. The molecule has 142 valence electrons. The minimum absolute atomic E-state index is 0.412. The first-order valence-corrected chi connectivity index (χ1v) is 9.62. The predicted octanol–water partition coefficient (Wildman–Crippen LogP) is 4.80. The highest BCUT2D eigenvalue weighted by Gasteiger charge is 2.35. The van der Waals surface area contributed by atoms with Crippen LogP contribution in [-0.4, -0.2) is 23.8 Å². The largest absolute Gasteiger partial charge is 0.456 e. The van der Waals surface area contributed by atoms with Gasteiger partial charge in [0.2, 0.25) is 0 Å². The van der Waals surface area contributed by atoms with Gasteiger partial charge in [0, 0.05) is 10.8 Å². The van der Waals surface area contributed by atoms with E-state index in [0.717, 1.165) is 27.4 Å². The molecule has 0 fully saturated rings. The molecule has 0 radical (unpaired) electrons. The molecule has 0 aliphatic carbocycles. The summed E-state index contributed by atoms with van der Waals surface area (Å²) >= 11 is 0. The Morgan fingerprint density at radius 3 is 2.32 bits per heavy atom. The van der Waals surface area contributed by atoms with Crippen LogP contribution in [0.2, 0.25) is 0 Å². The Morgan fingerprint density at radius 1 is 0.857 bits per heavy atom. The summed E-state index contributed by atoms with van der Waals surface area (Å²) in [5.74, 6) is 0. The summed E-state index contributed by atoms with van der Waals surface area (Å²) in [7, 11) is 0.412. The Hall–Kier alpha value is -2.56. The monoisotopic (exact) mass is 372 g/mol. The molecular formula is C24H25BO3. The van der Waals surface area contributed by atoms with E-state index in [1.807, 2.05) is 38.1 Å². The van der Waals surface area contributed by atoms with Gasteiger partial charge in [-0.3, -0.25) is 0 Å². The van der Waals surface area contributed by atoms with Crippen LogP contribution in [0.1, 0.15) is 27.7 Å². The Kier molecular flexibility index (Phi) is 4.57. The fourth-order valence-corrected chi connectivity index (χ4v) is 3.26. The van der Waals surface area contributed by atoms with E-state index >= 15 is 0 Å². The maximum atomic E-state index is 10.3. The standard InChI is InChI=1S/C24H25BO3/c1-23(2,26)24(3,4)28-25-17-13-14-19-21(15-17)27-20-12-8-11-18(22(19)20)16-9-6-5-7-10-16/h5-15,25-26H,1-4H3. The molecule has 3 nitrogen and oxygen atoms in total. The SMILES string of the molecule is CC(C)(O)C(C)(C)OBc1ccc2c(c1)oc1cccc(-c3ccccc3)c12. The van der Waals surface area contributed by atoms with Crippen molar-refractivity contribution in [3.63, 3.8) is 0 Å². The van der Waals surface area contributed by atoms with Gasteiger partial charge in [-0.25, -0.2) is 0 Å². The summed E-state index contributed by atoms with van der Waals surface area (Å²) < 4.78 is 12.2. The predicted molar refractivity (Wildman–Crippen MR) is 117 cm³/mol. The van der Waals surface area contributed by atoms with Gasteiger partial charge in [-0.15, -0.1) is 0 Å². The number of aliphatic hydroxyl groups is 1. The van der Waals surface area contributed by atoms with Crippen molar-refractivity contribution >= 4 is 34.9 Å². The van der Waals surface area contributed by atoms with Crippen LogP contribution < -0.4 is 5.46 Å². The second-order valence-corrected chi connectivity index (χ2v) is 8.34. The molecule has 3 aromatic carbocycles. The molecule has 0 unspecified atom stereocenters. The zero-order chi connectivity index (χ0) is 19.9. The Labute approximate surface area is 166 Å². The molecule has 1 aromatic heterocycles. The number of hydrogen-bond donors (Lipinski definition) is 1. The minimum atomic E-state index is -0.930. The average molecular weight is 372 g/mol. The third-order valence-corrected chi connectivity index (χ3v) is 5.72. The van der Waals surface area contributed by atoms with E-state index in [4.69, 9.17) is 9.07 Å². The van der Waals surface area contributed by atoms with Crippen LogP contribution in [0.3, 0.4) is 0 Å². The number of hydrogen-bond acceptors (Lipinski definition) is 3. The normalized spacial score (nSPS) is 12.6. The average Bonchev–Trinajstić information content (AvgIpc) is 3.04. The van der Waals surface area contributed by atoms with Crippen LogP contribution in [0.4, 0.5) is 0 Å². The lowest BCUT2D eigenvalue weighted by Gasteiger charge is -2.37. The molecule has 0 atom stereocenters. The van der Waals surface area contributed by atoms with E-state index in [2.05, 4.69) is 42.5 Å². The van der Waals surface area contributed by atoms with Gasteiger partial charge in [0.25, 0.3) is 0 Å². The zero-order valence-electron chi connectivity index (χ0n) is 16.8. The van der Waals surface area contributed by atoms with Crippen LogP contribution in [0.5, 0.6) is 0 Å². The van der Waals surface area contributed by atoms with E-state index < -0.39 is 11.2 Å². The number of rotatable bonds is 5. The quantitative estimate of drug-likeness (QED) is 0.512. The van der Waals surface area contributed by atoms with Crippen LogP contribution in [0.15, 0.2) is 71.1 Å². The summed E-state index contributed by atoms with van der Waals surface area (Å²) in [6.07, 6.45) is 0. The summed E-state index contributed by atoms with van der Waals surface area (Å²) in [5, 5.41) is 12.5. The topological polar surface area (TPSA) is 42.6 Å². The van der Waals surface area contributed by atoms with Crippen molar-refractivity contribution in [3.05, 3.63) is 66.7 Å². The van der Waals surface area contributed by atoms with Gasteiger partial charge < -0.3 is 14.2 Å². The Balaban J connectivity index is 1.73. The van der Waals surface area contributed by atoms with Crippen molar-refractivity contribution in [2.24, 2.45) is 0 Å². The molecule has 4 heteroatoms.